The molecule has 1 N–H and O–H groups in total. The molecule has 11 heavy (non-hydrogen) atoms. The predicted octanol–water partition coefficient (Wildman–Crippen LogP) is 0.782. The Morgan fingerprint density at radius 2 is 2.36 bits per heavy atom. The summed E-state index contributed by atoms with van der Waals surface area (Å²) >= 11 is 0. The Morgan fingerprint density at radius 3 is 2.73 bits per heavy atom. The zero-order valence-corrected chi connectivity index (χ0v) is 6.98. The van der Waals surface area contributed by atoms with Crippen LogP contribution in [0.15, 0.2) is 0 Å². The van der Waals surface area contributed by atoms with Crippen molar-refractivity contribution in [3.63, 3.8) is 0 Å². The van der Waals surface area contributed by atoms with E-state index in [9.17, 15) is 4.79 Å². The van der Waals surface area contributed by atoms with Gasteiger partial charge in [0.25, 0.3) is 0 Å². The molecule has 0 aromatic heterocycles. The zero-order valence-electron chi connectivity index (χ0n) is 6.98. The molecule has 2 heteroatoms. The molecule has 1 heterocycles. The normalized spacial score (nSPS) is 24.5. The molecule has 1 fully saturated rings. The van der Waals surface area contributed by atoms with Crippen molar-refractivity contribution in [1.29, 1.82) is 0 Å². The van der Waals surface area contributed by atoms with E-state index in [1.165, 1.54) is 0 Å². The van der Waals surface area contributed by atoms with Crippen LogP contribution in [0.2, 0.25) is 0 Å². The molecule has 0 aliphatic carbocycles. The average molecular weight is 151 g/mol. The Kier molecular flexibility index (Phi) is 1.90. The van der Waals surface area contributed by atoms with E-state index >= 15 is 0 Å². The molecule has 0 aromatic rings. The fraction of sp³-hybridized carbons (Fsp3) is 0.667. The molecule has 2 nitrogen and oxygen atoms in total. The van der Waals surface area contributed by atoms with Crippen molar-refractivity contribution in [3.8, 4) is 12.3 Å². The third-order valence-electron chi connectivity index (χ3n) is 2.29. The quantitative estimate of drug-likeness (QED) is 0.551. The van der Waals surface area contributed by atoms with Crippen LogP contribution in [0.5, 0.6) is 0 Å². The van der Waals surface area contributed by atoms with E-state index in [-0.39, 0.29) is 17.2 Å². The van der Waals surface area contributed by atoms with Crippen molar-refractivity contribution in [3.05, 3.63) is 0 Å². The number of carbonyl (C=O) groups is 1. The summed E-state index contributed by atoms with van der Waals surface area (Å²) in [5.74, 6) is 2.76. The van der Waals surface area contributed by atoms with E-state index < -0.39 is 0 Å². The van der Waals surface area contributed by atoms with Gasteiger partial charge in [-0.05, 0) is 20.3 Å². The van der Waals surface area contributed by atoms with Crippen LogP contribution in [-0.2, 0) is 4.79 Å². The molecule has 0 aromatic carbocycles. The Hall–Kier alpha value is -0.970. The summed E-state index contributed by atoms with van der Waals surface area (Å²) in [5.41, 5.74) is -0.291. The van der Waals surface area contributed by atoms with Crippen LogP contribution in [0, 0.1) is 23.7 Å². The largest absolute Gasteiger partial charge is 0.356 e. The fourth-order valence-electron chi connectivity index (χ4n) is 1.38. The van der Waals surface area contributed by atoms with Crippen molar-refractivity contribution in [1.82, 2.24) is 5.32 Å². The average Bonchev–Trinajstić information content (AvgIpc) is 2.36. The van der Waals surface area contributed by atoms with E-state index in [4.69, 9.17) is 6.42 Å². The summed E-state index contributed by atoms with van der Waals surface area (Å²) in [4.78, 5) is 11.2. The first kappa shape index (κ1) is 8.13. The minimum Gasteiger partial charge on any atom is -0.356 e. The van der Waals surface area contributed by atoms with Crippen LogP contribution in [0.1, 0.15) is 20.3 Å². The second-order valence-corrected chi connectivity index (χ2v) is 3.50. The van der Waals surface area contributed by atoms with Gasteiger partial charge in [-0.15, -0.1) is 6.42 Å². The van der Waals surface area contributed by atoms with Crippen molar-refractivity contribution >= 4 is 5.91 Å². The molecule has 0 bridgehead atoms. The lowest BCUT2D eigenvalue weighted by molar-refractivity contribution is -0.124. The Balaban J connectivity index is 2.76. The highest BCUT2D eigenvalue weighted by Crippen LogP contribution is 2.30. The third-order valence-corrected chi connectivity index (χ3v) is 2.29. The molecular weight excluding hydrogens is 138 g/mol. The topological polar surface area (TPSA) is 29.1 Å². The van der Waals surface area contributed by atoms with Crippen LogP contribution in [0.25, 0.3) is 0 Å². The van der Waals surface area contributed by atoms with E-state index in [1.54, 1.807) is 0 Å². The summed E-state index contributed by atoms with van der Waals surface area (Å²) in [6.07, 6.45) is 6.19. The van der Waals surface area contributed by atoms with E-state index in [2.05, 4.69) is 11.2 Å². The molecule has 1 unspecified atom stereocenters. The molecule has 60 valence electrons. The second-order valence-electron chi connectivity index (χ2n) is 3.50. The van der Waals surface area contributed by atoms with Gasteiger partial charge in [0.05, 0.1) is 5.92 Å². The van der Waals surface area contributed by atoms with E-state index in [1.807, 2.05) is 13.8 Å². The highest BCUT2D eigenvalue weighted by Gasteiger charge is 2.36. The summed E-state index contributed by atoms with van der Waals surface area (Å²) < 4.78 is 0. The predicted molar refractivity (Wildman–Crippen MR) is 43.7 cm³/mol. The van der Waals surface area contributed by atoms with Gasteiger partial charge in [0.15, 0.2) is 0 Å². The van der Waals surface area contributed by atoms with Crippen LogP contribution in [0.3, 0.4) is 0 Å². The number of rotatable bonds is 1. The monoisotopic (exact) mass is 151 g/mol. The molecular formula is C9H13NO. The summed E-state index contributed by atoms with van der Waals surface area (Å²) in [6, 6.07) is 0. The third kappa shape index (κ3) is 1.37. The van der Waals surface area contributed by atoms with Crippen LogP contribution in [-0.4, -0.2) is 12.5 Å². The first-order chi connectivity index (χ1) is 5.08. The van der Waals surface area contributed by atoms with E-state index in [0.717, 1.165) is 13.0 Å². The van der Waals surface area contributed by atoms with Crippen molar-refractivity contribution in [2.24, 2.45) is 11.3 Å². The Bertz CT molecular complexity index is 212. The number of carbonyl (C=O) groups excluding carboxylic acids is 1. The zero-order chi connectivity index (χ0) is 8.48. The summed E-state index contributed by atoms with van der Waals surface area (Å²) in [6.45, 7) is 4.64. The van der Waals surface area contributed by atoms with Crippen molar-refractivity contribution < 1.29 is 4.79 Å². The highest BCUT2D eigenvalue weighted by atomic mass is 16.2. The number of nitrogens with one attached hydrogen (secondary N) is 1. The highest BCUT2D eigenvalue weighted by molar-refractivity contribution is 5.81. The standard InChI is InChI=1S/C9H13NO/c1-4-9(2,3)7-5-6-10-8(7)11/h1,7H,5-6H2,2-3H3,(H,10,11). The maximum Gasteiger partial charge on any atom is 0.224 e. The molecule has 0 spiro atoms. The van der Waals surface area contributed by atoms with Gasteiger partial charge in [0, 0.05) is 12.0 Å². The number of hydrogen-bond acceptors (Lipinski definition) is 1. The van der Waals surface area contributed by atoms with Gasteiger partial charge >= 0.3 is 0 Å². The van der Waals surface area contributed by atoms with Gasteiger partial charge in [-0.3, -0.25) is 4.79 Å². The lowest BCUT2D eigenvalue weighted by Crippen LogP contribution is -2.29. The van der Waals surface area contributed by atoms with Crippen molar-refractivity contribution in [2.75, 3.05) is 6.54 Å². The minimum atomic E-state index is -0.291. The van der Waals surface area contributed by atoms with Gasteiger partial charge < -0.3 is 5.32 Å². The summed E-state index contributed by atoms with van der Waals surface area (Å²) in [5, 5.41) is 2.78. The molecule has 0 saturated carbocycles. The van der Waals surface area contributed by atoms with Crippen LogP contribution < -0.4 is 5.32 Å². The van der Waals surface area contributed by atoms with Gasteiger partial charge in [0.2, 0.25) is 5.91 Å². The molecule has 1 atom stereocenters. The van der Waals surface area contributed by atoms with Gasteiger partial charge in [-0.25, -0.2) is 0 Å². The SMILES string of the molecule is C#CC(C)(C)C1CCNC1=O. The second kappa shape index (κ2) is 2.58. The molecule has 0 radical (unpaired) electrons. The molecule has 1 saturated heterocycles. The number of amides is 1. The lowest BCUT2D eigenvalue weighted by Gasteiger charge is -2.22. The first-order valence-corrected chi connectivity index (χ1v) is 3.83. The first-order valence-electron chi connectivity index (χ1n) is 3.83. The lowest BCUT2D eigenvalue weighted by atomic mass is 9.79. The maximum atomic E-state index is 11.2. The smallest absolute Gasteiger partial charge is 0.224 e. The Morgan fingerprint density at radius 1 is 1.73 bits per heavy atom. The van der Waals surface area contributed by atoms with Gasteiger partial charge in [0.1, 0.15) is 0 Å². The fourth-order valence-corrected chi connectivity index (χ4v) is 1.38. The van der Waals surface area contributed by atoms with Crippen molar-refractivity contribution in [2.45, 2.75) is 20.3 Å². The molecule has 1 amide bonds. The summed E-state index contributed by atoms with van der Waals surface area (Å²) in [7, 11) is 0. The minimum absolute atomic E-state index is 0.00694. The molecule has 1 aliphatic heterocycles. The van der Waals surface area contributed by atoms with Gasteiger partial charge in [-0.1, -0.05) is 5.92 Å². The molecule has 1 aliphatic rings. The molecule has 1 rings (SSSR count). The van der Waals surface area contributed by atoms with Gasteiger partial charge in [-0.2, -0.15) is 0 Å². The Labute approximate surface area is 67.4 Å². The van der Waals surface area contributed by atoms with Crippen LogP contribution in [0.4, 0.5) is 0 Å². The van der Waals surface area contributed by atoms with Crippen LogP contribution >= 0.6 is 0 Å². The maximum absolute atomic E-state index is 11.2. The number of terminal acetylenes is 1. The number of hydrogen-bond donors (Lipinski definition) is 1. The van der Waals surface area contributed by atoms with E-state index in [0.29, 0.717) is 0 Å².